The number of aliphatic hydroxyl groups is 1. The number of rotatable bonds is 5. The summed E-state index contributed by atoms with van der Waals surface area (Å²) < 4.78 is 35.0. The highest BCUT2D eigenvalue weighted by Crippen LogP contribution is 2.41. The number of carbonyl (C=O) groups is 1. The van der Waals surface area contributed by atoms with Gasteiger partial charge in [-0.3, -0.25) is 9.48 Å². The third kappa shape index (κ3) is 4.25. The van der Waals surface area contributed by atoms with E-state index in [1.807, 2.05) is 4.68 Å². The Morgan fingerprint density at radius 3 is 3.03 bits per heavy atom. The summed E-state index contributed by atoms with van der Waals surface area (Å²) in [4.78, 5) is 13.7. The van der Waals surface area contributed by atoms with Crippen LogP contribution in [0.3, 0.4) is 0 Å². The molecule has 1 amide bonds. The lowest BCUT2D eigenvalue weighted by atomic mass is 9.86. The Labute approximate surface area is 193 Å². The van der Waals surface area contributed by atoms with Gasteiger partial charge in [-0.05, 0) is 43.1 Å². The monoisotopic (exact) mass is 474 g/mol. The van der Waals surface area contributed by atoms with Crippen LogP contribution >= 0.6 is 11.3 Å². The molecule has 0 radical (unpaired) electrons. The lowest BCUT2D eigenvalue weighted by molar-refractivity contribution is 0.0928. The molecule has 0 unspecified atom stereocenters. The predicted octanol–water partition coefficient (Wildman–Crippen LogP) is 2.69. The van der Waals surface area contributed by atoms with Crippen molar-refractivity contribution in [3.05, 3.63) is 58.1 Å². The van der Waals surface area contributed by atoms with Gasteiger partial charge in [-0.15, -0.1) is 0 Å². The van der Waals surface area contributed by atoms with Crippen molar-refractivity contribution in [1.29, 1.82) is 0 Å². The maximum absolute atomic E-state index is 13.8. The van der Waals surface area contributed by atoms with Gasteiger partial charge in [0.25, 0.3) is 5.91 Å². The van der Waals surface area contributed by atoms with E-state index in [0.29, 0.717) is 48.0 Å². The van der Waals surface area contributed by atoms with Gasteiger partial charge >= 0.3 is 0 Å². The van der Waals surface area contributed by atoms with Crippen molar-refractivity contribution in [2.75, 3.05) is 26.3 Å². The fraction of sp³-hybridized carbons (Fsp3) is 0.391. The normalized spacial score (nSPS) is 19.8. The molecule has 0 aliphatic carbocycles. The van der Waals surface area contributed by atoms with Gasteiger partial charge in [-0.25, -0.2) is 8.78 Å². The lowest BCUT2D eigenvalue weighted by Gasteiger charge is -2.33. The van der Waals surface area contributed by atoms with Crippen molar-refractivity contribution in [3.63, 3.8) is 0 Å². The van der Waals surface area contributed by atoms with Crippen LogP contribution in [0.15, 0.2) is 30.5 Å². The molecule has 3 aromatic rings. The van der Waals surface area contributed by atoms with Crippen molar-refractivity contribution in [1.82, 2.24) is 20.4 Å². The molecular weight excluding hydrogens is 450 g/mol. The fourth-order valence-corrected chi connectivity index (χ4v) is 5.52. The van der Waals surface area contributed by atoms with Crippen molar-refractivity contribution in [2.24, 2.45) is 0 Å². The minimum Gasteiger partial charge on any atom is -0.481 e. The Morgan fingerprint density at radius 2 is 2.21 bits per heavy atom. The van der Waals surface area contributed by atoms with E-state index in [0.717, 1.165) is 29.4 Å². The Hall–Kier alpha value is -2.82. The van der Waals surface area contributed by atoms with Crippen molar-refractivity contribution < 1.29 is 23.4 Å². The minimum absolute atomic E-state index is 0.00636. The van der Waals surface area contributed by atoms with Gasteiger partial charge in [0.1, 0.15) is 6.61 Å². The summed E-state index contributed by atoms with van der Waals surface area (Å²) in [5.41, 5.74) is 3.24. The highest BCUT2D eigenvalue weighted by molar-refractivity contribution is 7.16. The third-order valence-corrected chi connectivity index (χ3v) is 7.23. The zero-order valence-corrected chi connectivity index (χ0v) is 18.6. The van der Waals surface area contributed by atoms with Crippen LogP contribution in [0.4, 0.5) is 8.78 Å². The molecule has 10 heteroatoms. The lowest BCUT2D eigenvalue weighted by Crippen LogP contribution is -2.49. The summed E-state index contributed by atoms with van der Waals surface area (Å²) in [6.45, 7) is 2.30. The van der Waals surface area contributed by atoms with Crippen LogP contribution in [-0.2, 0) is 13.0 Å². The van der Waals surface area contributed by atoms with Gasteiger partial charge in [0.2, 0.25) is 0 Å². The van der Waals surface area contributed by atoms with E-state index >= 15 is 0 Å². The number of ether oxygens (including phenoxy) is 1. The Morgan fingerprint density at radius 1 is 1.33 bits per heavy atom. The number of piperidine rings is 1. The predicted molar refractivity (Wildman–Crippen MR) is 120 cm³/mol. The number of hydrogen-bond acceptors (Lipinski definition) is 6. The number of carbonyl (C=O) groups excluding carboxylic acids is 1. The van der Waals surface area contributed by atoms with E-state index in [2.05, 4.69) is 15.7 Å². The number of halogens is 2. The zero-order chi connectivity index (χ0) is 22.9. The van der Waals surface area contributed by atoms with Gasteiger partial charge in [-0.2, -0.15) is 5.10 Å². The van der Waals surface area contributed by atoms with E-state index in [4.69, 9.17) is 4.74 Å². The van der Waals surface area contributed by atoms with E-state index < -0.39 is 11.6 Å². The standard InChI is InChI=1S/C23H24F2N4O3S/c24-17-2-1-13(9-18(17)25)15-3-5-26-12-19(15)28-22(31)20-10-16-21-14(4-7-30)11-27-29(21)6-8-32-23(16)33-20/h1-2,9-11,15,19,26,30H,3-8,12H2,(H,28,31)/t15-,19+/m0/s1. The second-order valence-electron chi connectivity index (χ2n) is 8.23. The SMILES string of the molecule is O=C(N[C@@H]1CNCC[C@H]1c1ccc(F)c(F)c1)c1cc2c(s1)OCCn1ncc(CCO)c1-2. The highest BCUT2D eigenvalue weighted by atomic mass is 32.1. The molecule has 174 valence electrons. The molecule has 0 saturated carbocycles. The highest BCUT2D eigenvalue weighted by Gasteiger charge is 2.30. The van der Waals surface area contributed by atoms with Crippen molar-refractivity contribution >= 4 is 17.2 Å². The third-order valence-electron chi connectivity index (χ3n) is 6.18. The molecule has 0 spiro atoms. The van der Waals surface area contributed by atoms with E-state index in [1.165, 1.54) is 17.4 Å². The number of thiophene rings is 1. The molecule has 5 rings (SSSR count). The average Bonchev–Trinajstić information content (AvgIpc) is 3.36. The molecule has 33 heavy (non-hydrogen) atoms. The summed E-state index contributed by atoms with van der Waals surface area (Å²) >= 11 is 1.27. The average molecular weight is 475 g/mol. The molecule has 2 aliphatic rings. The second kappa shape index (κ2) is 9.20. The van der Waals surface area contributed by atoms with Crippen LogP contribution in [-0.4, -0.2) is 53.1 Å². The smallest absolute Gasteiger partial charge is 0.261 e. The number of benzene rings is 1. The maximum Gasteiger partial charge on any atom is 0.261 e. The van der Waals surface area contributed by atoms with E-state index in [1.54, 1.807) is 18.3 Å². The first-order valence-corrected chi connectivity index (χ1v) is 11.8. The molecule has 7 nitrogen and oxygen atoms in total. The molecule has 2 aromatic heterocycles. The summed E-state index contributed by atoms with van der Waals surface area (Å²) in [6.07, 6.45) is 2.91. The van der Waals surface area contributed by atoms with Crippen LogP contribution in [0.25, 0.3) is 11.3 Å². The van der Waals surface area contributed by atoms with Crippen LogP contribution < -0.4 is 15.4 Å². The first kappa shape index (κ1) is 22.0. The topological polar surface area (TPSA) is 88.4 Å². The number of fused-ring (bicyclic) bond motifs is 3. The first-order valence-electron chi connectivity index (χ1n) is 10.9. The van der Waals surface area contributed by atoms with Crippen LogP contribution in [0, 0.1) is 11.6 Å². The Balaban J connectivity index is 1.40. The van der Waals surface area contributed by atoms with Gasteiger partial charge in [0.05, 0.1) is 28.9 Å². The number of amides is 1. The summed E-state index contributed by atoms with van der Waals surface area (Å²) in [5.74, 6) is -2.14. The van der Waals surface area contributed by atoms with E-state index in [9.17, 15) is 18.7 Å². The first-order chi connectivity index (χ1) is 16.0. The van der Waals surface area contributed by atoms with Crippen LogP contribution in [0.5, 0.6) is 5.06 Å². The number of aromatic nitrogens is 2. The molecule has 4 heterocycles. The van der Waals surface area contributed by atoms with Crippen LogP contribution in [0.2, 0.25) is 0 Å². The summed E-state index contributed by atoms with van der Waals surface area (Å²) in [6, 6.07) is 5.47. The van der Waals surface area contributed by atoms with Crippen molar-refractivity contribution in [3.8, 4) is 16.3 Å². The maximum atomic E-state index is 13.8. The molecule has 1 saturated heterocycles. The minimum atomic E-state index is -0.884. The van der Waals surface area contributed by atoms with Crippen LogP contribution in [0.1, 0.15) is 33.1 Å². The van der Waals surface area contributed by atoms with Gasteiger partial charge in [0.15, 0.2) is 16.7 Å². The molecule has 1 aromatic carbocycles. The van der Waals surface area contributed by atoms with E-state index in [-0.39, 0.29) is 24.5 Å². The number of aliphatic hydroxyl groups excluding tert-OH is 1. The number of nitrogens with one attached hydrogen (secondary N) is 2. The summed E-state index contributed by atoms with van der Waals surface area (Å²) in [5, 5.41) is 20.8. The van der Waals surface area contributed by atoms with Gasteiger partial charge in [0, 0.05) is 30.7 Å². The number of hydrogen-bond donors (Lipinski definition) is 3. The Kier molecular flexibility index (Phi) is 6.13. The fourth-order valence-electron chi connectivity index (χ4n) is 4.58. The van der Waals surface area contributed by atoms with Gasteiger partial charge < -0.3 is 20.5 Å². The quantitative estimate of drug-likeness (QED) is 0.529. The zero-order valence-electron chi connectivity index (χ0n) is 17.8. The summed E-state index contributed by atoms with van der Waals surface area (Å²) in [7, 11) is 0. The molecule has 1 fully saturated rings. The van der Waals surface area contributed by atoms with Crippen molar-refractivity contribution in [2.45, 2.75) is 31.3 Å². The second-order valence-corrected chi connectivity index (χ2v) is 9.24. The largest absolute Gasteiger partial charge is 0.481 e. The molecular formula is C23H24F2N4O3S. The molecule has 0 bridgehead atoms. The Bertz CT molecular complexity index is 1180. The number of nitrogens with zero attached hydrogens (tertiary/aromatic N) is 2. The molecule has 2 aliphatic heterocycles. The molecule has 3 N–H and O–H groups in total. The van der Waals surface area contributed by atoms with Gasteiger partial charge in [-0.1, -0.05) is 17.4 Å². The molecule has 2 atom stereocenters.